The van der Waals surface area contributed by atoms with Gasteiger partial charge in [-0.15, -0.1) is 0 Å². The van der Waals surface area contributed by atoms with Gasteiger partial charge in [0, 0.05) is 6.92 Å². The van der Waals surface area contributed by atoms with Crippen LogP contribution < -0.4 is 0 Å². The zero-order chi connectivity index (χ0) is 25.6. The van der Waals surface area contributed by atoms with E-state index < -0.39 is 11.0 Å². The quantitative estimate of drug-likeness (QED) is 0.340. The molecule has 5 nitrogen and oxygen atoms in total. The highest BCUT2D eigenvalue weighted by Crippen LogP contribution is 2.67. The molecule has 1 N–H and O–H groups in total. The van der Waals surface area contributed by atoms with Crippen molar-refractivity contribution < 1.29 is 24.2 Å². The van der Waals surface area contributed by atoms with Gasteiger partial charge in [-0.2, -0.15) is 0 Å². The Bertz CT molecular complexity index is 846. The van der Waals surface area contributed by atoms with Gasteiger partial charge in [0.1, 0.15) is 5.60 Å². The molecule has 8 atom stereocenters. The Balaban J connectivity index is 1.48. The topological polar surface area (TPSA) is 72.8 Å². The van der Waals surface area contributed by atoms with E-state index in [-0.39, 0.29) is 18.0 Å². The molecule has 198 valence electrons. The van der Waals surface area contributed by atoms with Crippen molar-refractivity contribution in [2.24, 2.45) is 40.4 Å². The SMILES string of the molecule is COC(=O)C12CCC(O)CC1=CCC1C2CCC2(C)C(C(C)CCCC(C)(C)OC(C)=O)CCC12. The lowest BCUT2D eigenvalue weighted by Gasteiger charge is -2.58. The Hall–Kier alpha value is -1.36. The monoisotopic (exact) mass is 488 g/mol. The van der Waals surface area contributed by atoms with Gasteiger partial charge < -0.3 is 14.6 Å². The number of hydrogen-bond donors (Lipinski definition) is 1. The molecule has 0 bridgehead atoms. The minimum absolute atomic E-state index is 0.0627. The lowest BCUT2D eigenvalue weighted by Crippen LogP contribution is -2.55. The summed E-state index contributed by atoms with van der Waals surface area (Å²) in [6.45, 7) is 10.5. The second-order valence-corrected chi connectivity index (χ2v) is 13.2. The third kappa shape index (κ3) is 4.71. The van der Waals surface area contributed by atoms with Crippen molar-refractivity contribution >= 4 is 11.9 Å². The predicted octanol–water partition coefficient (Wildman–Crippen LogP) is 6.23. The molecule has 4 rings (SSSR count). The molecule has 0 aromatic rings. The summed E-state index contributed by atoms with van der Waals surface area (Å²) < 4.78 is 10.9. The lowest BCUT2D eigenvalue weighted by atomic mass is 9.46. The van der Waals surface area contributed by atoms with Crippen molar-refractivity contribution in [1.82, 2.24) is 0 Å². The van der Waals surface area contributed by atoms with Crippen molar-refractivity contribution in [2.45, 2.75) is 117 Å². The summed E-state index contributed by atoms with van der Waals surface area (Å²) in [6, 6.07) is 0. The molecule has 5 heteroatoms. The Morgan fingerprint density at radius 1 is 1.17 bits per heavy atom. The molecule has 3 fully saturated rings. The fourth-order valence-electron chi connectivity index (χ4n) is 9.32. The molecule has 0 amide bonds. The van der Waals surface area contributed by atoms with Gasteiger partial charge in [0.15, 0.2) is 0 Å². The average molecular weight is 489 g/mol. The van der Waals surface area contributed by atoms with E-state index in [4.69, 9.17) is 9.47 Å². The fourth-order valence-corrected chi connectivity index (χ4v) is 9.32. The third-order valence-electron chi connectivity index (χ3n) is 10.8. The smallest absolute Gasteiger partial charge is 0.316 e. The standard InChI is InChI=1S/C30H48O5/c1-19(8-7-15-28(3,4)35-20(2)31)24-11-12-25-23-10-9-21-18-22(32)13-17-30(21,27(33)34-6)26(23)14-16-29(24,25)5/h9,19,22-26,32H,7-8,10-18H2,1-6H3. The van der Waals surface area contributed by atoms with Gasteiger partial charge in [-0.25, -0.2) is 0 Å². The highest BCUT2D eigenvalue weighted by Gasteiger charge is 2.62. The van der Waals surface area contributed by atoms with E-state index >= 15 is 0 Å². The van der Waals surface area contributed by atoms with Gasteiger partial charge in [-0.3, -0.25) is 9.59 Å². The van der Waals surface area contributed by atoms with Crippen LogP contribution in [0.1, 0.15) is 105 Å². The number of allylic oxidation sites excluding steroid dienone is 1. The first kappa shape index (κ1) is 26.7. The van der Waals surface area contributed by atoms with Gasteiger partial charge in [0.25, 0.3) is 0 Å². The summed E-state index contributed by atoms with van der Waals surface area (Å²) in [4.78, 5) is 24.7. The van der Waals surface area contributed by atoms with Crippen LogP contribution >= 0.6 is 0 Å². The molecule has 0 heterocycles. The molecular formula is C30H48O5. The van der Waals surface area contributed by atoms with Crippen molar-refractivity contribution in [2.75, 3.05) is 7.11 Å². The normalized spacial score (nSPS) is 39.5. The van der Waals surface area contributed by atoms with Crippen molar-refractivity contribution in [3.05, 3.63) is 11.6 Å². The van der Waals surface area contributed by atoms with Gasteiger partial charge >= 0.3 is 11.9 Å². The summed E-state index contributed by atoms with van der Waals surface area (Å²) in [5, 5.41) is 10.3. The number of carbonyl (C=O) groups excluding carboxylic acids is 2. The molecule has 0 spiro atoms. The number of esters is 2. The molecule has 0 aromatic heterocycles. The number of rotatable bonds is 7. The summed E-state index contributed by atoms with van der Waals surface area (Å²) >= 11 is 0. The van der Waals surface area contributed by atoms with Crippen LogP contribution in [-0.4, -0.2) is 35.9 Å². The summed E-state index contributed by atoms with van der Waals surface area (Å²) in [6.07, 6.45) is 13.0. The summed E-state index contributed by atoms with van der Waals surface area (Å²) in [5.74, 6) is 2.62. The van der Waals surface area contributed by atoms with Crippen LogP contribution in [0, 0.1) is 40.4 Å². The van der Waals surface area contributed by atoms with Gasteiger partial charge in [0.2, 0.25) is 0 Å². The number of aliphatic hydroxyl groups excluding tert-OH is 1. The molecule has 4 aliphatic carbocycles. The minimum atomic E-state index is -0.510. The number of ether oxygens (including phenoxy) is 2. The van der Waals surface area contributed by atoms with Crippen molar-refractivity contribution in [3.63, 3.8) is 0 Å². The Kier molecular flexibility index (Phi) is 7.50. The van der Waals surface area contributed by atoms with E-state index in [1.54, 1.807) is 0 Å². The zero-order valence-electron chi connectivity index (χ0n) is 22.9. The Morgan fingerprint density at radius 2 is 1.91 bits per heavy atom. The molecular weight excluding hydrogens is 440 g/mol. The molecule has 3 saturated carbocycles. The van der Waals surface area contributed by atoms with Crippen LogP contribution in [0.25, 0.3) is 0 Å². The minimum Gasteiger partial charge on any atom is -0.468 e. The molecule has 0 radical (unpaired) electrons. The maximum Gasteiger partial charge on any atom is 0.316 e. The van der Waals surface area contributed by atoms with Gasteiger partial charge in [-0.05, 0) is 113 Å². The van der Waals surface area contributed by atoms with Crippen LogP contribution in [-0.2, 0) is 19.1 Å². The van der Waals surface area contributed by atoms with E-state index in [1.165, 1.54) is 39.7 Å². The van der Waals surface area contributed by atoms with Crippen LogP contribution in [0.5, 0.6) is 0 Å². The van der Waals surface area contributed by atoms with E-state index in [0.717, 1.165) is 37.7 Å². The first-order valence-corrected chi connectivity index (χ1v) is 14.1. The van der Waals surface area contributed by atoms with Gasteiger partial charge in [-0.1, -0.05) is 31.9 Å². The van der Waals surface area contributed by atoms with Crippen LogP contribution in [0.4, 0.5) is 0 Å². The van der Waals surface area contributed by atoms with E-state index in [0.29, 0.717) is 47.8 Å². The van der Waals surface area contributed by atoms with Crippen LogP contribution in [0.2, 0.25) is 0 Å². The van der Waals surface area contributed by atoms with Crippen LogP contribution in [0.15, 0.2) is 11.6 Å². The maximum atomic E-state index is 13.3. The number of methoxy groups -OCH3 is 1. The highest BCUT2D eigenvalue weighted by molar-refractivity contribution is 5.82. The van der Waals surface area contributed by atoms with Crippen molar-refractivity contribution in [3.8, 4) is 0 Å². The van der Waals surface area contributed by atoms with E-state index in [9.17, 15) is 14.7 Å². The predicted molar refractivity (Wildman–Crippen MR) is 136 cm³/mol. The molecule has 35 heavy (non-hydrogen) atoms. The van der Waals surface area contributed by atoms with Crippen molar-refractivity contribution in [1.29, 1.82) is 0 Å². The second kappa shape index (κ2) is 9.84. The van der Waals surface area contributed by atoms with E-state index in [2.05, 4.69) is 19.9 Å². The van der Waals surface area contributed by atoms with E-state index in [1.807, 2.05) is 13.8 Å². The maximum absolute atomic E-state index is 13.3. The van der Waals surface area contributed by atoms with Gasteiger partial charge in [0.05, 0.1) is 18.6 Å². The summed E-state index contributed by atoms with van der Waals surface area (Å²) in [7, 11) is 1.53. The first-order valence-electron chi connectivity index (χ1n) is 14.1. The largest absolute Gasteiger partial charge is 0.468 e. The second-order valence-electron chi connectivity index (χ2n) is 13.2. The molecule has 0 aliphatic heterocycles. The number of hydrogen-bond acceptors (Lipinski definition) is 5. The molecule has 0 saturated heterocycles. The number of aliphatic hydroxyl groups is 1. The molecule has 4 aliphatic rings. The Labute approximate surface area is 212 Å². The molecule has 8 unspecified atom stereocenters. The number of carbonyl (C=O) groups is 2. The Morgan fingerprint density at radius 3 is 2.60 bits per heavy atom. The van der Waals surface area contributed by atoms with Crippen LogP contribution in [0.3, 0.4) is 0 Å². The highest BCUT2D eigenvalue weighted by atomic mass is 16.6. The third-order valence-corrected chi connectivity index (χ3v) is 10.8. The summed E-state index contributed by atoms with van der Waals surface area (Å²) in [5.41, 5.74) is 0.576. The lowest BCUT2D eigenvalue weighted by molar-refractivity contribution is -0.163. The zero-order valence-corrected chi connectivity index (χ0v) is 22.9. The average Bonchev–Trinajstić information content (AvgIpc) is 3.14. The fraction of sp³-hybridized carbons (Fsp3) is 0.867. The molecule has 0 aromatic carbocycles. The number of fused-ring (bicyclic) bond motifs is 5. The first-order chi connectivity index (χ1) is 16.4.